The van der Waals surface area contributed by atoms with E-state index in [-0.39, 0.29) is 11.8 Å². The van der Waals surface area contributed by atoms with Crippen molar-refractivity contribution in [2.24, 2.45) is 13.0 Å². The molecule has 2 aromatic rings. The summed E-state index contributed by atoms with van der Waals surface area (Å²) in [4.78, 5) is 16.2. The number of aromatic nitrogens is 3. The Bertz CT molecular complexity index is 632. The fourth-order valence-corrected chi connectivity index (χ4v) is 2.39. The number of carbonyl (C=O) groups is 1. The molecule has 0 spiro atoms. The largest absolute Gasteiger partial charge is 0.381 e. The van der Waals surface area contributed by atoms with E-state index in [9.17, 15) is 4.79 Å². The van der Waals surface area contributed by atoms with Crippen molar-refractivity contribution in [3.63, 3.8) is 0 Å². The maximum Gasteiger partial charge on any atom is 0.225 e. The molecule has 0 bridgehead atoms. The molecule has 1 unspecified atom stereocenters. The van der Waals surface area contributed by atoms with Gasteiger partial charge in [0.2, 0.25) is 5.91 Å². The summed E-state index contributed by atoms with van der Waals surface area (Å²) < 4.78 is 6.98. The normalized spacial score (nSPS) is 17.9. The van der Waals surface area contributed by atoms with E-state index < -0.39 is 0 Å². The molecule has 6 nitrogen and oxygen atoms in total. The molecule has 0 aliphatic carbocycles. The Hall–Kier alpha value is -2.21. The molecule has 3 heterocycles. The first-order valence-electron chi connectivity index (χ1n) is 7.01. The molecular formula is C15H18N4O2. The first kappa shape index (κ1) is 13.8. The number of hydrogen-bond acceptors (Lipinski definition) is 4. The van der Waals surface area contributed by atoms with Crippen LogP contribution in [0.4, 0.5) is 0 Å². The van der Waals surface area contributed by atoms with Crippen LogP contribution in [0.1, 0.15) is 12.0 Å². The smallest absolute Gasteiger partial charge is 0.225 e. The summed E-state index contributed by atoms with van der Waals surface area (Å²) in [6.07, 6.45) is 8.11. The van der Waals surface area contributed by atoms with E-state index in [2.05, 4.69) is 15.4 Å². The number of ether oxygens (including phenoxy) is 1. The third-order valence-electron chi connectivity index (χ3n) is 3.60. The third-order valence-corrected chi connectivity index (χ3v) is 3.60. The van der Waals surface area contributed by atoms with E-state index in [0.717, 1.165) is 23.1 Å². The van der Waals surface area contributed by atoms with Crippen molar-refractivity contribution in [2.45, 2.75) is 13.0 Å². The molecule has 0 saturated carbocycles. The van der Waals surface area contributed by atoms with Gasteiger partial charge in [0.25, 0.3) is 0 Å². The number of rotatable bonds is 4. The lowest BCUT2D eigenvalue weighted by atomic mass is 10.1. The molecule has 110 valence electrons. The molecule has 1 saturated heterocycles. The minimum absolute atomic E-state index is 0.0144. The van der Waals surface area contributed by atoms with Crippen LogP contribution in [0.2, 0.25) is 0 Å². The average molecular weight is 286 g/mol. The van der Waals surface area contributed by atoms with E-state index in [4.69, 9.17) is 4.74 Å². The van der Waals surface area contributed by atoms with Crippen molar-refractivity contribution >= 4 is 5.91 Å². The molecule has 0 aromatic carbocycles. The first-order valence-corrected chi connectivity index (χ1v) is 7.01. The SMILES string of the molecule is Cn1cc(-c2cncc(CNC(=O)C3CCOC3)c2)cn1. The predicted molar refractivity (Wildman–Crippen MR) is 77.2 cm³/mol. The van der Waals surface area contributed by atoms with E-state index >= 15 is 0 Å². The molecule has 1 aliphatic heterocycles. The third kappa shape index (κ3) is 3.28. The van der Waals surface area contributed by atoms with Gasteiger partial charge in [0, 0.05) is 49.9 Å². The highest BCUT2D eigenvalue weighted by atomic mass is 16.5. The topological polar surface area (TPSA) is 69.0 Å². The molecule has 1 amide bonds. The van der Waals surface area contributed by atoms with Crippen LogP contribution in [0.15, 0.2) is 30.9 Å². The number of nitrogens with one attached hydrogen (secondary N) is 1. The van der Waals surface area contributed by atoms with Crippen molar-refractivity contribution < 1.29 is 9.53 Å². The highest BCUT2D eigenvalue weighted by Crippen LogP contribution is 2.18. The Labute approximate surface area is 123 Å². The summed E-state index contributed by atoms with van der Waals surface area (Å²) in [5, 5.41) is 7.10. The number of carbonyl (C=O) groups excluding carboxylic acids is 1. The zero-order valence-electron chi connectivity index (χ0n) is 12.0. The fraction of sp³-hybridized carbons (Fsp3) is 0.400. The summed E-state index contributed by atoms with van der Waals surface area (Å²) >= 11 is 0. The van der Waals surface area contributed by atoms with Crippen molar-refractivity contribution in [3.05, 3.63) is 36.4 Å². The number of amides is 1. The molecule has 1 N–H and O–H groups in total. The first-order chi connectivity index (χ1) is 10.2. The van der Waals surface area contributed by atoms with Gasteiger partial charge in [-0.1, -0.05) is 0 Å². The van der Waals surface area contributed by atoms with E-state index in [1.165, 1.54) is 0 Å². The summed E-state index contributed by atoms with van der Waals surface area (Å²) in [5.41, 5.74) is 2.99. The highest BCUT2D eigenvalue weighted by Gasteiger charge is 2.22. The Balaban J connectivity index is 1.64. The number of pyridine rings is 1. The highest BCUT2D eigenvalue weighted by molar-refractivity contribution is 5.79. The minimum atomic E-state index is -0.0144. The average Bonchev–Trinajstić information content (AvgIpc) is 3.16. The molecular weight excluding hydrogens is 268 g/mol. The van der Waals surface area contributed by atoms with Crippen LogP contribution < -0.4 is 5.32 Å². The number of aryl methyl sites for hydroxylation is 1. The molecule has 1 atom stereocenters. The van der Waals surface area contributed by atoms with Gasteiger partial charge in [0.1, 0.15) is 0 Å². The van der Waals surface area contributed by atoms with Crippen LogP contribution in [0.5, 0.6) is 0 Å². The van der Waals surface area contributed by atoms with Crippen molar-refractivity contribution in [1.29, 1.82) is 0 Å². The van der Waals surface area contributed by atoms with Crippen molar-refractivity contribution in [1.82, 2.24) is 20.1 Å². The quantitative estimate of drug-likeness (QED) is 0.915. The van der Waals surface area contributed by atoms with Gasteiger partial charge in [-0.2, -0.15) is 5.10 Å². The second-order valence-electron chi connectivity index (χ2n) is 5.26. The van der Waals surface area contributed by atoms with Gasteiger partial charge >= 0.3 is 0 Å². The van der Waals surface area contributed by atoms with Crippen molar-refractivity contribution in [2.75, 3.05) is 13.2 Å². The predicted octanol–water partition coefficient (Wildman–Crippen LogP) is 1.13. The number of nitrogens with zero attached hydrogens (tertiary/aromatic N) is 3. The maximum absolute atomic E-state index is 12.0. The summed E-state index contributed by atoms with van der Waals surface area (Å²) in [6, 6.07) is 2.02. The van der Waals surface area contributed by atoms with Crippen molar-refractivity contribution in [3.8, 4) is 11.1 Å². The Morgan fingerprint density at radius 3 is 3.05 bits per heavy atom. The summed E-state index contributed by atoms with van der Waals surface area (Å²) in [7, 11) is 1.88. The molecule has 1 fully saturated rings. The Morgan fingerprint density at radius 2 is 2.33 bits per heavy atom. The van der Waals surface area contributed by atoms with Gasteiger partial charge in [-0.05, 0) is 18.1 Å². The standard InChI is InChI=1S/C15H18N4O2/c1-19-9-14(8-18-19)13-4-11(5-16-7-13)6-17-15(20)12-2-3-21-10-12/h4-5,7-9,12H,2-3,6,10H2,1H3,(H,17,20). The van der Waals surface area contributed by atoms with Crippen LogP contribution in [0, 0.1) is 5.92 Å². The van der Waals surface area contributed by atoms with E-state index in [1.807, 2.05) is 19.3 Å². The van der Waals surface area contributed by atoms with Crippen LogP contribution in [0.3, 0.4) is 0 Å². The lowest BCUT2D eigenvalue weighted by Crippen LogP contribution is -2.30. The molecule has 0 radical (unpaired) electrons. The van der Waals surface area contributed by atoms with Crippen LogP contribution in [0.25, 0.3) is 11.1 Å². The molecule has 1 aliphatic rings. The van der Waals surface area contributed by atoms with Gasteiger partial charge in [0.05, 0.1) is 18.7 Å². The van der Waals surface area contributed by atoms with Gasteiger partial charge in [-0.3, -0.25) is 14.5 Å². The fourth-order valence-electron chi connectivity index (χ4n) is 2.39. The summed E-state index contributed by atoms with van der Waals surface area (Å²) in [5.74, 6) is 0.0405. The maximum atomic E-state index is 12.0. The van der Waals surface area contributed by atoms with Gasteiger partial charge < -0.3 is 10.1 Å². The van der Waals surface area contributed by atoms with Gasteiger partial charge in [0.15, 0.2) is 0 Å². The monoisotopic (exact) mass is 286 g/mol. The zero-order chi connectivity index (χ0) is 14.7. The van der Waals surface area contributed by atoms with E-state index in [1.54, 1.807) is 23.3 Å². The molecule has 3 rings (SSSR count). The zero-order valence-corrected chi connectivity index (χ0v) is 12.0. The van der Waals surface area contributed by atoms with Crippen LogP contribution in [-0.2, 0) is 23.1 Å². The van der Waals surface area contributed by atoms with E-state index in [0.29, 0.717) is 19.8 Å². The summed E-state index contributed by atoms with van der Waals surface area (Å²) in [6.45, 7) is 1.69. The molecule has 2 aromatic heterocycles. The van der Waals surface area contributed by atoms with Crippen LogP contribution >= 0.6 is 0 Å². The lowest BCUT2D eigenvalue weighted by molar-refractivity contribution is -0.125. The number of hydrogen-bond donors (Lipinski definition) is 1. The molecule has 6 heteroatoms. The second kappa shape index (κ2) is 6.05. The second-order valence-corrected chi connectivity index (χ2v) is 5.26. The minimum Gasteiger partial charge on any atom is -0.381 e. The lowest BCUT2D eigenvalue weighted by Gasteiger charge is -2.09. The van der Waals surface area contributed by atoms with Gasteiger partial charge in [-0.15, -0.1) is 0 Å². The molecule has 21 heavy (non-hydrogen) atoms. The van der Waals surface area contributed by atoms with Gasteiger partial charge in [-0.25, -0.2) is 0 Å². The Kier molecular flexibility index (Phi) is 3.96. The van der Waals surface area contributed by atoms with Crippen LogP contribution in [-0.4, -0.2) is 33.9 Å². The Morgan fingerprint density at radius 1 is 1.43 bits per heavy atom.